The van der Waals surface area contributed by atoms with Crippen LogP contribution in [0.15, 0.2) is 70.6 Å². The molecule has 1 aromatic heterocycles. The number of amidine groups is 1. The number of nitriles is 1. The van der Waals surface area contributed by atoms with E-state index in [-0.39, 0.29) is 17.8 Å². The van der Waals surface area contributed by atoms with Gasteiger partial charge < -0.3 is 25.4 Å². The van der Waals surface area contributed by atoms with Crippen LogP contribution >= 0.6 is 0 Å². The molecule has 2 aromatic carbocycles. The molecule has 3 heterocycles. The quantitative estimate of drug-likeness (QED) is 0.319. The van der Waals surface area contributed by atoms with Crippen LogP contribution < -0.4 is 21.4 Å². The van der Waals surface area contributed by atoms with E-state index in [0.29, 0.717) is 54.6 Å². The van der Waals surface area contributed by atoms with E-state index in [2.05, 4.69) is 26.3 Å². The van der Waals surface area contributed by atoms with Gasteiger partial charge in [0.2, 0.25) is 6.17 Å². The predicted molar refractivity (Wildman–Crippen MR) is 154 cm³/mol. The second kappa shape index (κ2) is 11.2. The molecule has 6 rings (SSSR count). The Kier molecular flexibility index (Phi) is 7.14. The molecule has 0 bridgehead atoms. The maximum Gasteiger partial charge on any atom is 0.378 e. The summed E-state index contributed by atoms with van der Waals surface area (Å²) >= 11 is 0. The fourth-order valence-electron chi connectivity index (χ4n) is 4.95. The van der Waals surface area contributed by atoms with E-state index >= 15 is 0 Å². The highest BCUT2D eigenvalue weighted by atomic mass is 16.5. The maximum atomic E-state index is 13.2. The number of aromatic nitrogens is 1. The Labute approximate surface area is 236 Å². The predicted octanol–water partition coefficient (Wildman–Crippen LogP) is 1.32. The Morgan fingerprint density at radius 2 is 1.88 bits per heavy atom. The minimum atomic E-state index is -1.23. The number of para-hydroxylation sites is 1. The molecule has 2 fully saturated rings. The molecule has 0 unspecified atom stereocenters. The Balaban J connectivity index is 1.32. The number of hydrogen-bond acceptors (Lipinski definition) is 8. The molecule has 3 aliphatic rings. The van der Waals surface area contributed by atoms with Crippen LogP contribution in [0.1, 0.15) is 46.7 Å². The molecule has 0 spiro atoms. The lowest BCUT2D eigenvalue weighted by atomic mass is 10.0. The molecule has 206 valence electrons. The van der Waals surface area contributed by atoms with Crippen molar-refractivity contribution in [3.8, 4) is 6.07 Å². The van der Waals surface area contributed by atoms with Crippen LogP contribution in [0.5, 0.6) is 0 Å². The molecule has 2 aliphatic heterocycles. The summed E-state index contributed by atoms with van der Waals surface area (Å²) < 4.78 is 11.3. The Hall–Kier alpha value is -5.08. The van der Waals surface area contributed by atoms with E-state index in [0.717, 1.165) is 29.7 Å². The number of nitrogens with two attached hydrogens (primary N) is 2. The van der Waals surface area contributed by atoms with Gasteiger partial charge in [-0.25, -0.2) is 15.4 Å². The number of rotatable bonds is 5. The van der Waals surface area contributed by atoms with Crippen molar-refractivity contribution in [2.75, 3.05) is 36.5 Å². The Bertz CT molecular complexity index is 1600. The first-order chi connectivity index (χ1) is 20.0. The van der Waals surface area contributed by atoms with E-state index in [1.807, 2.05) is 54.6 Å². The number of nitrogens with one attached hydrogen (secondary N) is 1. The molecular formula is C30H29N8O3+. The van der Waals surface area contributed by atoms with Crippen molar-refractivity contribution in [3.63, 3.8) is 0 Å². The number of nitrogens with zero attached hydrogens (tertiary/aromatic N) is 5. The smallest absolute Gasteiger partial charge is 0.378 e. The van der Waals surface area contributed by atoms with Crippen LogP contribution in [-0.2, 0) is 14.3 Å². The third kappa shape index (κ3) is 5.50. The summed E-state index contributed by atoms with van der Waals surface area (Å²) in [5.41, 5.74) is 10.6. The second-order valence-corrected chi connectivity index (χ2v) is 9.96. The van der Waals surface area contributed by atoms with E-state index in [1.54, 1.807) is 6.07 Å². The molecule has 3 aromatic rings. The molecule has 1 saturated carbocycles. The standard InChI is InChI=1S/C30H28N8O3/c31-17-20-16-22(28(36-24(20)19-10-11-19)38-12-14-40-15-13-38)26(32)41-30(33)37-27-29(39)34-23-9-5-4-8-21(23)25(35-27)18-6-2-1-3-7-18/h1-9,16,19,27,32H,10-15H2,(H2,33,37)(H,34,39)/p+1/t27-/m1/s1. The summed E-state index contributed by atoms with van der Waals surface area (Å²) in [4.78, 5) is 29.0. The number of morpholine rings is 1. The van der Waals surface area contributed by atoms with Crippen molar-refractivity contribution < 1.29 is 19.7 Å². The zero-order valence-corrected chi connectivity index (χ0v) is 22.3. The highest BCUT2D eigenvalue weighted by Crippen LogP contribution is 2.42. The first kappa shape index (κ1) is 26.2. The summed E-state index contributed by atoms with van der Waals surface area (Å²) in [6, 6.07) is 20.5. The van der Waals surface area contributed by atoms with Gasteiger partial charge >= 0.3 is 5.90 Å². The van der Waals surface area contributed by atoms with Gasteiger partial charge in [-0.05, 0) is 25.0 Å². The van der Waals surface area contributed by atoms with Crippen molar-refractivity contribution in [1.29, 1.82) is 5.26 Å². The molecular weight excluding hydrogens is 520 g/mol. The Morgan fingerprint density at radius 3 is 2.61 bits per heavy atom. The monoisotopic (exact) mass is 549 g/mol. The number of anilines is 2. The topological polar surface area (TPSA) is 164 Å². The first-order valence-electron chi connectivity index (χ1n) is 13.5. The fraction of sp³-hybridized carbons (Fsp3) is 0.267. The van der Waals surface area contributed by atoms with E-state index < -0.39 is 12.1 Å². The lowest BCUT2D eigenvalue weighted by Gasteiger charge is -2.29. The van der Waals surface area contributed by atoms with E-state index in [4.69, 9.17) is 25.6 Å². The highest BCUT2D eigenvalue weighted by molar-refractivity contribution is 6.19. The molecule has 0 radical (unpaired) electrons. The lowest BCUT2D eigenvalue weighted by Crippen LogP contribution is -2.46. The average Bonchev–Trinajstić information content (AvgIpc) is 3.86. The largest absolute Gasteiger partial charge is 0.378 e. The van der Waals surface area contributed by atoms with Crippen LogP contribution in [0.2, 0.25) is 0 Å². The van der Waals surface area contributed by atoms with Crippen molar-refractivity contribution >= 4 is 35.0 Å². The van der Waals surface area contributed by atoms with Crippen LogP contribution in [0.3, 0.4) is 0 Å². The number of fused-ring (bicyclic) bond motifs is 1. The third-order valence-electron chi connectivity index (χ3n) is 7.13. The SMILES string of the molecule is N#Cc1cc(C(=[NH2+])O/C(N)=N/[C@H]2N=C(c3ccccc3)c3ccccc3NC2=O)c(N2CCOCC2)nc1C1CC1. The number of hydrogen-bond donors (Lipinski definition) is 3. The van der Waals surface area contributed by atoms with Crippen molar-refractivity contribution in [3.05, 3.63) is 88.6 Å². The van der Waals surface area contributed by atoms with Gasteiger partial charge in [-0.15, -0.1) is 0 Å². The third-order valence-corrected chi connectivity index (χ3v) is 7.13. The van der Waals surface area contributed by atoms with Gasteiger partial charge in [0, 0.05) is 30.1 Å². The number of carbonyl (C=O) groups is 1. The number of pyridine rings is 1. The minimum Gasteiger partial charge on any atom is -0.378 e. The van der Waals surface area contributed by atoms with Gasteiger partial charge in [-0.2, -0.15) is 10.3 Å². The van der Waals surface area contributed by atoms with Crippen LogP contribution in [0.25, 0.3) is 0 Å². The van der Waals surface area contributed by atoms with Gasteiger partial charge in [0.05, 0.1) is 35.9 Å². The van der Waals surface area contributed by atoms with Gasteiger partial charge in [-0.1, -0.05) is 48.5 Å². The summed E-state index contributed by atoms with van der Waals surface area (Å²) in [6.07, 6.45) is 0.768. The molecule has 1 atom stereocenters. The number of ether oxygens (including phenoxy) is 2. The normalized spacial score (nSPS) is 18.9. The van der Waals surface area contributed by atoms with Gasteiger partial charge in [0.1, 0.15) is 17.5 Å². The molecule has 41 heavy (non-hydrogen) atoms. The molecule has 1 saturated heterocycles. The highest BCUT2D eigenvalue weighted by Gasteiger charge is 2.33. The number of benzodiazepines with no additional fused rings is 1. The number of aliphatic imine (C=N–C) groups is 2. The second-order valence-electron chi connectivity index (χ2n) is 9.96. The lowest BCUT2D eigenvalue weighted by molar-refractivity contribution is -0.131. The molecule has 1 amide bonds. The summed E-state index contributed by atoms with van der Waals surface area (Å²) in [5.74, 6) is 0.321. The van der Waals surface area contributed by atoms with Gasteiger partial charge in [0.25, 0.3) is 11.9 Å². The zero-order chi connectivity index (χ0) is 28.3. The molecule has 5 N–H and O–H groups in total. The van der Waals surface area contributed by atoms with Crippen molar-refractivity contribution in [2.45, 2.75) is 24.9 Å². The van der Waals surface area contributed by atoms with Crippen molar-refractivity contribution in [2.24, 2.45) is 15.7 Å². The van der Waals surface area contributed by atoms with E-state index in [9.17, 15) is 10.1 Å². The molecule has 11 heteroatoms. The molecule has 11 nitrogen and oxygen atoms in total. The maximum absolute atomic E-state index is 13.2. The van der Waals surface area contributed by atoms with Crippen molar-refractivity contribution in [1.82, 2.24) is 4.98 Å². The molecule has 1 aliphatic carbocycles. The zero-order valence-electron chi connectivity index (χ0n) is 22.3. The summed E-state index contributed by atoms with van der Waals surface area (Å²) in [5, 5.41) is 19.1. The van der Waals surface area contributed by atoms with Gasteiger partial charge in [-0.3, -0.25) is 4.79 Å². The average molecular weight is 550 g/mol. The first-order valence-corrected chi connectivity index (χ1v) is 13.5. The minimum absolute atomic E-state index is 0.0799. The van der Waals surface area contributed by atoms with Crippen LogP contribution in [0.4, 0.5) is 11.5 Å². The van der Waals surface area contributed by atoms with Crippen LogP contribution in [-0.4, -0.2) is 61.0 Å². The number of carbonyl (C=O) groups excluding carboxylic acids is 1. The summed E-state index contributed by atoms with van der Waals surface area (Å²) in [7, 11) is 0. The number of benzene rings is 2. The number of amides is 1. The fourth-order valence-corrected chi connectivity index (χ4v) is 4.95. The Morgan fingerprint density at radius 1 is 1.15 bits per heavy atom. The van der Waals surface area contributed by atoms with E-state index in [1.165, 1.54) is 0 Å². The summed E-state index contributed by atoms with van der Waals surface area (Å²) in [6.45, 7) is 2.33. The van der Waals surface area contributed by atoms with Crippen LogP contribution in [0, 0.1) is 11.3 Å². The van der Waals surface area contributed by atoms with Gasteiger partial charge in [0.15, 0.2) is 0 Å².